The van der Waals surface area contributed by atoms with Crippen molar-refractivity contribution in [1.82, 2.24) is 5.32 Å². The molecule has 23 heavy (non-hydrogen) atoms. The Kier molecular flexibility index (Phi) is 4.96. The molecule has 0 unspecified atom stereocenters. The van der Waals surface area contributed by atoms with E-state index in [1.54, 1.807) is 0 Å². The molecule has 0 atom stereocenters. The molecule has 0 radical (unpaired) electrons. The summed E-state index contributed by atoms with van der Waals surface area (Å²) in [6.07, 6.45) is 4.61. The number of ether oxygens (including phenoxy) is 1. The van der Waals surface area contributed by atoms with Crippen LogP contribution in [0.1, 0.15) is 35.1 Å². The van der Waals surface area contributed by atoms with Gasteiger partial charge in [-0.2, -0.15) is 0 Å². The number of fused-ring (bicyclic) bond motifs is 1. The van der Waals surface area contributed by atoms with E-state index in [2.05, 4.69) is 17.4 Å². The van der Waals surface area contributed by atoms with Crippen LogP contribution in [-0.4, -0.2) is 12.5 Å². The summed E-state index contributed by atoms with van der Waals surface area (Å²) in [6.45, 7) is 2.66. The van der Waals surface area contributed by atoms with Gasteiger partial charge in [0.1, 0.15) is 5.75 Å². The Bertz CT molecular complexity index is 694. The minimum Gasteiger partial charge on any atom is -0.483 e. The van der Waals surface area contributed by atoms with Gasteiger partial charge in [0.15, 0.2) is 6.61 Å². The summed E-state index contributed by atoms with van der Waals surface area (Å²) in [5.41, 5.74) is 4.96. The smallest absolute Gasteiger partial charge is 0.258 e. The lowest BCUT2D eigenvalue weighted by molar-refractivity contribution is -0.123. The highest BCUT2D eigenvalue weighted by Crippen LogP contribution is 2.29. The number of nitrogens with one attached hydrogen (secondary N) is 1. The molecule has 2 aromatic rings. The van der Waals surface area contributed by atoms with Crippen molar-refractivity contribution in [2.24, 2.45) is 0 Å². The van der Waals surface area contributed by atoms with Crippen LogP contribution in [-0.2, 0) is 24.2 Å². The Hall–Kier alpha value is -2.29. The molecule has 0 saturated heterocycles. The third kappa shape index (κ3) is 4.13. The first-order valence-electron chi connectivity index (χ1n) is 8.28. The second kappa shape index (κ2) is 7.32. The van der Waals surface area contributed by atoms with Crippen molar-refractivity contribution >= 4 is 5.91 Å². The van der Waals surface area contributed by atoms with E-state index in [1.165, 1.54) is 29.5 Å². The van der Waals surface area contributed by atoms with Crippen LogP contribution in [0.5, 0.6) is 5.75 Å². The molecular formula is C20H23NO2. The van der Waals surface area contributed by atoms with Crippen LogP contribution in [0.3, 0.4) is 0 Å². The highest BCUT2D eigenvalue weighted by Gasteiger charge is 2.14. The van der Waals surface area contributed by atoms with Crippen LogP contribution in [0.4, 0.5) is 0 Å². The fourth-order valence-corrected chi connectivity index (χ4v) is 3.10. The fourth-order valence-electron chi connectivity index (χ4n) is 3.10. The van der Waals surface area contributed by atoms with E-state index >= 15 is 0 Å². The van der Waals surface area contributed by atoms with Gasteiger partial charge in [-0.1, -0.05) is 42.0 Å². The Morgan fingerprint density at radius 3 is 2.83 bits per heavy atom. The second-order valence-corrected chi connectivity index (χ2v) is 6.16. The Morgan fingerprint density at radius 1 is 1.13 bits per heavy atom. The Morgan fingerprint density at radius 2 is 1.96 bits per heavy atom. The molecule has 3 heteroatoms. The number of hydrogen-bond acceptors (Lipinski definition) is 2. The van der Waals surface area contributed by atoms with E-state index in [-0.39, 0.29) is 12.5 Å². The van der Waals surface area contributed by atoms with E-state index in [0.717, 1.165) is 24.2 Å². The third-order valence-corrected chi connectivity index (χ3v) is 4.28. The van der Waals surface area contributed by atoms with Crippen molar-refractivity contribution in [1.29, 1.82) is 0 Å². The zero-order chi connectivity index (χ0) is 16.1. The molecule has 3 rings (SSSR count). The summed E-state index contributed by atoms with van der Waals surface area (Å²) in [5.74, 6) is 0.785. The number of carbonyl (C=O) groups is 1. The zero-order valence-electron chi connectivity index (χ0n) is 13.6. The summed E-state index contributed by atoms with van der Waals surface area (Å²) < 4.78 is 5.77. The van der Waals surface area contributed by atoms with E-state index in [4.69, 9.17) is 4.74 Å². The molecule has 0 aliphatic heterocycles. The van der Waals surface area contributed by atoms with Crippen LogP contribution in [0.25, 0.3) is 0 Å². The maximum absolute atomic E-state index is 12.0. The highest BCUT2D eigenvalue weighted by molar-refractivity contribution is 5.77. The summed E-state index contributed by atoms with van der Waals surface area (Å²) in [6, 6.07) is 14.3. The van der Waals surface area contributed by atoms with Gasteiger partial charge in [-0.3, -0.25) is 4.79 Å². The number of carbonyl (C=O) groups excluding carboxylic acids is 1. The predicted molar refractivity (Wildman–Crippen MR) is 91.6 cm³/mol. The molecule has 2 aromatic carbocycles. The first-order valence-corrected chi connectivity index (χ1v) is 8.28. The average molecular weight is 309 g/mol. The van der Waals surface area contributed by atoms with Crippen molar-refractivity contribution in [3.8, 4) is 5.75 Å². The molecule has 0 aromatic heterocycles. The predicted octanol–water partition coefficient (Wildman–Crippen LogP) is 3.57. The van der Waals surface area contributed by atoms with Gasteiger partial charge in [-0.15, -0.1) is 0 Å². The topological polar surface area (TPSA) is 38.3 Å². The minimum absolute atomic E-state index is 0.0717. The van der Waals surface area contributed by atoms with Crippen LogP contribution in [0, 0.1) is 6.92 Å². The maximum Gasteiger partial charge on any atom is 0.258 e. The van der Waals surface area contributed by atoms with Crippen molar-refractivity contribution in [3.63, 3.8) is 0 Å². The van der Waals surface area contributed by atoms with Gasteiger partial charge in [0.25, 0.3) is 5.91 Å². The molecule has 3 nitrogen and oxygen atoms in total. The highest BCUT2D eigenvalue weighted by atomic mass is 16.5. The zero-order valence-corrected chi connectivity index (χ0v) is 13.6. The fraction of sp³-hybridized carbons (Fsp3) is 0.350. The van der Waals surface area contributed by atoms with Gasteiger partial charge in [-0.25, -0.2) is 0 Å². The van der Waals surface area contributed by atoms with Crippen molar-refractivity contribution in [3.05, 3.63) is 64.7 Å². The molecule has 0 heterocycles. The lowest BCUT2D eigenvalue weighted by atomic mass is 9.91. The molecule has 0 spiro atoms. The van der Waals surface area contributed by atoms with E-state index in [0.29, 0.717) is 6.54 Å². The number of rotatable bonds is 5. The summed E-state index contributed by atoms with van der Waals surface area (Å²) >= 11 is 0. The maximum atomic E-state index is 12.0. The van der Waals surface area contributed by atoms with E-state index in [9.17, 15) is 4.79 Å². The van der Waals surface area contributed by atoms with Gasteiger partial charge in [0.05, 0.1) is 0 Å². The molecule has 0 saturated carbocycles. The lowest BCUT2D eigenvalue weighted by Gasteiger charge is -2.19. The Labute approximate surface area is 137 Å². The van der Waals surface area contributed by atoms with Crippen LogP contribution in [0.15, 0.2) is 42.5 Å². The lowest BCUT2D eigenvalue weighted by Crippen LogP contribution is -2.28. The van der Waals surface area contributed by atoms with Gasteiger partial charge in [0.2, 0.25) is 0 Å². The summed E-state index contributed by atoms with van der Waals surface area (Å²) in [4.78, 5) is 12.0. The standard InChI is InChI=1S/C20H23NO2/c1-15-6-4-7-16(12-15)13-21-20(22)14-23-19-11-5-9-17-8-2-3-10-18(17)19/h4-7,9,11-12H,2-3,8,10,13-14H2,1H3,(H,21,22). The van der Waals surface area contributed by atoms with Crippen LogP contribution < -0.4 is 10.1 Å². The van der Waals surface area contributed by atoms with Gasteiger partial charge < -0.3 is 10.1 Å². The molecular weight excluding hydrogens is 286 g/mol. The molecule has 1 amide bonds. The monoisotopic (exact) mass is 309 g/mol. The van der Waals surface area contributed by atoms with Crippen LogP contribution in [0.2, 0.25) is 0 Å². The van der Waals surface area contributed by atoms with E-state index in [1.807, 2.05) is 37.3 Å². The molecule has 1 aliphatic rings. The van der Waals surface area contributed by atoms with Crippen molar-refractivity contribution in [2.75, 3.05) is 6.61 Å². The number of amides is 1. The third-order valence-electron chi connectivity index (χ3n) is 4.28. The summed E-state index contributed by atoms with van der Waals surface area (Å²) in [7, 11) is 0. The minimum atomic E-state index is -0.0834. The van der Waals surface area contributed by atoms with Gasteiger partial charge >= 0.3 is 0 Å². The molecule has 120 valence electrons. The van der Waals surface area contributed by atoms with Crippen molar-refractivity contribution in [2.45, 2.75) is 39.2 Å². The molecule has 0 bridgehead atoms. The molecule has 1 aliphatic carbocycles. The number of aryl methyl sites for hydroxylation is 2. The average Bonchev–Trinajstić information content (AvgIpc) is 2.58. The van der Waals surface area contributed by atoms with Crippen LogP contribution >= 0.6 is 0 Å². The molecule has 0 fully saturated rings. The van der Waals surface area contributed by atoms with E-state index < -0.39 is 0 Å². The quantitative estimate of drug-likeness (QED) is 0.917. The van der Waals surface area contributed by atoms with Gasteiger partial charge in [0, 0.05) is 6.54 Å². The number of hydrogen-bond donors (Lipinski definition) is 1. The van der Waals surface area contributed by atoms with Gasteiger partial charge in [-0.05, 0) is 55.4 Å². The normalized spacial score (nSPS) is 13.3. The number of benzene rings is 2. The second-order valence-electron chi connectivity index (χ2n) is 6.16. The Balaban J connectivity index is 1.53. The van der Waals surface area contributed by atoms with Crippen molar-refractivity contribution < 1.29 is 9.53 Å². The largest absolute Gasteiger partial charge is 0.483 e. The first-order chi connectivity index (χ1) is 11.2. The first kappa shape index (κ1) is 15.6. The SMILES string of the molecule is Cc1cccc(CNC(=O)COc2cccc3c2CCCC3)c1. The summed E-state index contributed by atoms with van der Waals surface area (Å²) in [5, 5.41) is 2.91. The molecule has 1 N–H and O–H groups in total.